The summed E-state index contributed by atoms with van der Waals surface area (Å²) in [5.74, 6) is 0. The molecule has 0 radical (unpaired) electrons. The molecule has 0 saturated heterocycles. The van der Waals surface area contributed by atoms with E-state index in [0.29, 0.717) is 0 Å². The molecule has 0 spiro atoms. The maximum atomic E-state index is 9.99. The maximum absolute atomic E-state index is 9.99. The molecule has 4 N–H and O–H groups in total. The van der Waals surface area contributed by atoms with Gasteiger partial charge in [-0.05, 0) is 0 Å². The number of aliphatic hydroxyl groups is 2. The van der Waals surface area contributed by atoms with Crippen molar-refractivity contribution in [2.45, 2.75) is 10.9 Å². The van der Waals surface area contributed by atoms with Gasteiger partial charge in [-0.1, -0.05) is 0 Å². The molecule has 8 nitrogen and oxygen atoms in total. The van der Waals surface area contributed by atoms with Crippen LogP contribution >= 0.6 is 0 Å². The molecule has 14 heavy (non-hydrogen) atoms. The van der Waals surface area contributed by atoms with Crippen molar-refractivity contribution in [1.29, 1.82) is 0 Å². The standard InChI is InChI=1S/C2H6O8S2.2Na.2H/c3-1(11(5,6)7)2(4)12(8,9)10;;;;/h1-4H,(H,5,6,7)(H,8,9,10);;;;. The molecule has 0 aliphatic heterocycles. The van der Waals surface area contributed by atoms with Crippen LogP contribution in [0.1, 0.15) is 0 Å². The molecule has 0 heterocycles. The molecule has 0 saturated carbocycles. The van der Waals surface area contributed by atoms with Gasteiger partial charge in [-0.15, -0.1) is 0 Å². The van der Waals surface area contributed by atoms with Crippen LogP contribution in [0.4, 0.5) is 0 Å². The predicted molar refractivity (Wildman–Crippen MR) is 49.4 cm³/mol. The summed E-state index contributed by atoms with van der Waals surface area (Å²) in [7, 11) is -10.2. The van der Waals surface area contributed by atoms with Gasteiger partial charge in [-0.2, -0.15) is 16.8 Å². The van der Waals surface area contributed by atoms with Gasteiger partial charge in [0.1, 0.15) is 0 Å². The minimum absolute atomic E-state index is 0. The van der Waals surface area contributed by atoms with Crippen molar-refractivity contribution in [1.82, 2.24) is 0 Å². The van der Waals surface area contributed by atoms with E-state index in [4.69, 9.17) is 19.3 Å². The van der Waals surface area contributed by atoms with Crippen molar-refractivity contribution in [3.05, 3.63) is 0 Å². The van der Waals surface area contributed by atoms with E-state index in [1.165, 1.54) is 0 Å². The zero-order chi connectivity index (χ0) is 10.2. The van der Waals surface area contributed by atoms with Crippen LogP contribution in [0.2, 0.25) is 0 Å². The predicted octanol–water partition coefficient (Wildman–Crippen LogP) is -3.90. The topological polar surface area (TPSA) is 149 Å². The van der Waals surface area contributed by atoms with Crippen LogP contribution < -0.4 is 0 Å². The van der Waals surface area contributed by atoms with Crippen molar-refractivity contribution >= 4 is 79.4 Å². The number of aliphatic hydroxyl groups excluding tert-OH is 2. The molecule has 0 aliphatic carbocycles. The average molecular weight is 270 g/mol. The number of rotatable bonds is 3. The van der Waals surface area contributed by atoms with Crippen molar-refractivity contribution in [3.8, 4) is 0 Å². The molecule has 0 aromatic carbocycles. The molecule has 0 amide bonds. The Labute approximate surface area is 125 Å². The molecule has 78 valence electrons. The molecule has 0 aliphatic rings. The third-order valence-corrected chi connectivity index (χ3v) is 2.76. The van der Waals surface area contributed by atoms with E-state index in [1.807, 2.05) is 0 Å². The first-order chi connectivity index (χ1) is 5.07. The van der Waals surface area contributed by atoms with Crippen LogP contribution in [0, 0.1) is 0 Å². The van der Waals surface area contributed by atoms with Crippen LogP contribution in [-0.2, 0) is 20.2 Å². The summed E-state index contributed by atoms with van der Waals surface area (Å²) in [6.45, 7) is 0. The molecule has 0 fully saturated rings. The van der Waals surface area contributed by atoms with Gasteiger partial charge in [0.25, 0.3) is 20.2 Å². The summed E-state index contributed by atoms with van der Waals surface area (Å²) in [5.41, 5.74) is -5.96. The molecule has 0 rings (SSSR count). The zero-order valence-electron chi connectivity index (χ0n) is 5.39. The molecule has 0 aromatic rings. The second-order valence-corrected chi connectivity index (χ2v) is 4.84. The number of hydrogen-bond donors (Lipinski definition) is 4. The second-order valence-electron chi connectivity index (χ2n) is 1.81. The van der Waals surface area contributed by atoms with Gasteiger partial charge in [0, 0.05) is 0 Å². The van der Waals surface area contributed by atoms with Crippen LogP contribution in [0.3, 0.4) is 0 Å². The van der Waals surface area contributed by atoms with Crippen molar-refractivity contribution in [2.75, 3.05) is 0 Å². The third-order valence-electron chi connectivity index (χ3n) is 0.854. The van der Waals surface area contributed by atoms with E-state index in [1.54, 1.807) is 0 Å². The Bertz CT molecular complexity index is 308. The van der Waals surface area contributed by atoms with Crippen LogP contribution in [0.5, 0.6) is 0 Å². The summed E-state index contributed by atoms with van der Waals surface area (Å²) in [5, 5.41) is 16.7. The van der Waals surface area contributed by atoms with Gasteiger partial charge in [0.05, 0.1) is 0 Å². The summed E-state index contributed by atoms with van der Waals surface area (Å²) < 4.78 is 56.0. The van der Waals surface area contributed by atoms with E-state index in [9.17, 15) is 16.8 Å². The Hall–Kier alpha value is 1.74. The molecule has 0 aromatic heterocycles. The Morgan fingerprint density at radius 2 is 0.857 bits per heavy atom. The van der Waals surface area contributed by atoms with E-state index >= 15 is 0 Å². The van der Waals surface area contributed by atoms with Gasteiger partial charge in [-0.25, -0.2) is 0 Å². The van der Waals surface area contributed by atoms with Gasteiger partial charge in [0.2, 0.25) is 10.9 Å². The first-order valence-electron chi connectivity index (χ1n) is 2.35. The Balaban J connectivity index is -0.000000605. The van der Waals surface area contributed by atoms with Gasteiger partial charge < -0.3 is 10.2 Å². The summed E-state index contributed by atoms with van der Waals surface area (Å²) >= 11 is 0. The molecular formula is C2H8Na2O8S2. The van der Waals surface area contributed by atoms with Gasteiger partial charge in [-0.3, -0.25) is 9.11 Å². The Kier molecular flexibility index (Phi) is 10.7. The van der Waals surface area contributed by atoms with E-state index in [-0.39, 0.29) is 59.1 Å². The minimum atomic E-state index is -5.12. The van der Waals surface area contributed by atoms with Gasteiger partial charge in [0.15, 0.2) is 0 Å². The summed E-state index contributed by atoms with van der Waals surface area (Å²) in [4.78, 5) is 0. The molecule has 2 atom stereocenters. The monoisotopic (exact) mass is 270 g/mol. The van der Waals surface area contributed by atoms with Crippen molar-refractivity contribution < 1.29 is 36.2 Å². The molecular weight excluding hydrogens is 262 g/mol. The van der Waals surface area contributed by atoms with Gasteiger partial charge >= 0.3 is 59.1 Å². The average Bonchev–Trinajstić information content (AvgIpc) is 1.80. The van der Waals surface area contributed by atoms with Crippen LogP contribution in [-0.4, -0.2) is 106 Å². The Morgan fingerprint density at radius 3 is 0.929 bits per heavy atom. The fraction of sp³-hybridized carbons (Fsp3) is 1.00. The first-order valence-corrected chi connectivity index (χ1v) is 5.36. The van der Waals surface area contributed by atoms with Crippen molar-refractivity contribution in [2.24, 2.45) is 0 Å². The second kappa shape index (κ2) is 7.14. The first kappa shape index (κ1) is 21.1. The fourth-order valence-corrected chi connectivity index (χ4v) is 1.73. The van der Waals surface area contributed by atoms with E-state index in [0.717, 1.165) is 0 Å². The number of hydrogen-bond acceptors (Lipinski definition) is 6. The normalized spacial score (nSPS) is 16.0. The molecule has 0 bridgehead atoms. The summed E-state index contributed by atoms with van der Waals surface area (Å²) in [6, 6.07) is 0. The quantitative estimate of drug-likeness (QED) is 0.300. The SMILES string of the molecule is O=S(=O)(O)C(O)C(O)S(=O)(=O)O.[NaH].[NaH]. The Morgan fingerprint density at radius 1 is 0.714 bits per heavy atom. The van der Waals surface area contributed by atoms with Crippen LogP contribution in [0.25, 0.3) is 0 Å². The fourth-order valence-electron chi connectivity index (χ4n) is 0.294. The molecule has 2 unspecified atom stereocenters. The zero-order valence-corrected chi connectivity index (χ0v) is 7.03. The summed E-state index contributed by atoms with van der Waals surface area (Å²) in [6.07, 6.45) is 0. The van der Waals surface area contributed by atoms with E-state index < -0.39 is 31.1 Å². The van der Waals surface area contributed by atoms with Crippen LogP contribution in [0.15, 0.2) is 0 Å². The van der Waals surface area contributed by atoms with E-state index in [2.05, 4.69) is 0 Å². The molecule has 12 heteroatoms. The third kappa shape index (κ3) is 7.09. The van der Waals surface area contributed by atoms with Crippen molar-refractivity contribution in [3.63, 3.8) is 0 Å².